The van der Waals surface area contributed by atoms with E-state index in [0.29, 0.717) is 5.56 Å². The zero-order chi connectivity index (χ0) is 13.0. The summed E-state index contributed by atoms with van der Waals surface area (Å²) in [4.78, 5) is 10.7. The molecule has 7 nitrogen and oxygen atoms in total. The van der Waals surface area contributed by atoms with Gasteiger partial charge < -0.3 is 21.1 Å². The Hall–Kier alpha value is -1.44. The SMILES string of the molecule is C[C@@H](C(=O)O)n1cc(C(O)C(O)CCN)cn1. The molecule has 0 aliphatic rings. The number of carboxylic acid groups (broad SMARTS) is 1. The number of nitrogens with two attached hydrogens (primary N) is 1. The number of hydrogen-bond acceptors (Lipinski definition) is 5. The van der Waals surface area contributed by atoms with Crippen molar-refractivity contribution in [3.8, 4) is 0 Å². The van der Waals surface area contributed by atoms with Gasteiger partial charge in [0.25, 0.3) is 0 Å². The van der Waals surface area contributed by atoms with Gasteiger partial charge in [-0.2, -0.15) is 5.10 Å². The van der Waals surface area contributed by atoms with Crippen LogP contribution in [0.3, 0.4) is 0 Å². The molecule has 1 aromatic rings. The van der Waals surface area contributed by atoms with Crippen molar-refractivity contribution in [3.63, 3.8) is 0 Å². The molecular formula is C10H17N3O4. The van der Waals surface area contributed by atoms with Gasteiger partial charge in [0.05, 0.1) is 12.3 Å². The van der Waals surface area contributed by atoms with Crippen molar-refractivity contribution in [2.45, 2.75) is 31.6 Å². The number of carboxylic acids is 1. The summed E-state index contributed by atoms with van der Waals surface area (Å²) < 4.78 is 1.22. The minimum atomic E-state index is -1.10. The zero-order valence-corrected chi connectivity index (χ0v) is 9.52. The van der Waals surface area contributed by atoms with E-state index in [-0.39, 0.29) is 13.0 Å². The Morgan fingerprint density at radius 2 is 2.24 bits per heavy atom. The van der Waals surface area contributed by atoms with Gasteiger partial charge in [0.1, 0.15) is 12.1 Å². The third-order valence-corrected chi connectivity index (χ3v) is 2.54. The van der Waals surface area contributed by atoms with Crippen LogP contribution in [0.15, 0.2) is 12.4 Å². The van der Waals surface area contributed by atoms with Gasteiger partial charge in [-0.05, 0) is 19.9 Å². The van der Waals surface area contributed by atoms with Gasteiger partial charge in [-0.25, -0.2) is 4.79 Å². The molecule has 0 amide bonds. The molecule has 0 fully saturated rings. The molecular weight excluding hydrogens is 226 g/mol. The zero-order valence-electron chi connectivity index (χ0n) is 9.52. The monoisotopic (exact) mass is 243 g/mol. The van der Waals surface area contributed by atoms with Crippen molar-refractivity contribution in [1.29, 1.82) is 0 Å². The number of nitrogens with zero attached hydrogens (tertiary/aromatic N) is 2. The average Bonchev–Trinajstić information content (AvgIpc) is 2.76. The molecule has 96 valence electrons. The minimum absolute atomic E-state index is 0.262. The van der Waals surface area contributed by atoms with Crippen molar-refractivity contribution in [2.75, 3.05) is 6.54 Å². The molecule has 7 heteroatoms. The Balaban J connectivity index is 2.77. The molecule has 0 spiro atoms. The second-order valence-corrected chi connectivity index (χ2v) is 3.86. The molecule has 0 saturated carbocycles. The summed E-state index contributed by atoms with van der Waals surface area (Å²) in [7, 11) is 0. The number of carbonyl (C=O) groups is 1. The van der Waals surface area contributed by atoms with E-state index in [9.17, 15) is 15.0 Å². The summed E-state index contributed by atoms with van der Waals surface area (Å²) in [5.41, 5.74) is 5.64. The largest absolute Gasteiger partial charge is 0.480 e. The van der Waals surface area contributed by atoms with E-state index in [1.165, 1.54) is 24.0 Å². The van der Waals surface area contributed by atoms with Crippen LogP contribution in [0.2, 0.25) is 0 Å². The molecule has 5 N–H and O–H groups in total. The molecule has 2 unspecified atom stereocenters. The fourth-order valence-corrected chi connectivity index (χ4v) is 1.38. The molecule has 1 aromatic heterocycles. The minimum Gasteiger partial charge on any atom is -0.480 e. The van der Waals surface area contributed by atoms with Crippen LogP contribution in [0, 0.1) is 0 Å². The lowest BCUT2D eigenvalue weighted by atomic mass is 10.1. The van der Waals surface area contributed by atoms with Crippen LogP contribution in [0.4, 0.5) is 0 Å². The summed E-state index contributed by atoms with van der Waals surface area (Å²) >= 11 is 0. The van der Waals surface area contributed by atoms with E-state index < -0.39 is 24.2 Å². The number of aromatic nitrogens is 2. The number of aliphatic carboxylic acids is 1. The van der Waals surface area contributed by atoms with Crippen LogP contribution in [-0.4, -0.2) is 43.7 Å². The number of aliphatic hydroxyl groups excluding tert-OH is 2. The van der Waals surface area contributed by atoms with Crippen LogP contribution in [-0.2, 0) is 4.79 Å². The highest BCUT2D eigenvalue weighted by Gasteiger charge is 2.21. The third-order valence-electron chi connectivity index (χ3n) is 2.54. The van der Waals surface area contributed by atoms with Crippen molar-refractivity contribution in [2.24, 2.45) is 5.73 Å². The van der Waals surface area contributed by atoms with E-state index >= 15 is 0 Å². The first-order valence-electron chi connectivity index (χ1n) is 5.30. The van der Waals surface area contributed by atoms with Crippen LogP contribution in [0.25, 0.3) is 0 Å². The predicted octanol–water partition coefficient (Wildman–Crippen LogP) is -0.728. The Labute approximate surface area is 98.5 Å². The first kappa shape index (κ1) is 13.6. The van der Waals surface area contributed by atoms with E-state index in [0.717, 1.165) is 0 Å². The maximum atomic E-state index is 10.7. The normalized spacial score (nSPS) is 16.5. The van der Waals surface area contributed by atoms with Crippen molar-refractivity contribution in [3.05, 3.63) is 18.0 Å². The summed E-state index contributed by atoms with van der Waals surface area (Å²) in [6.45, 7) is 1.74. The van der Waals surface area contributed by atoms with Crippen molar-refractivity contribution < 1.29 is 20.1 Å². The number of rotatable bonds is 6. The fourth-order valence-electron chi connectivity index (χ4n) is 1.38. The maximum Gasteiger partial charge on any atom is 0.328 e. The first-order chi connectivity index (χ1) is 7.97. The summed E-state index contributed by atoms with van der Waals surface area (Å²) in [5.74, 6) is -1.02. The fraction of sp³-hybridized carbons (Fsp3) is 0.600. The maximum absolute atomic E-state index is 10.7. The smallest absolute Gasteiger partial charge is 0.328 e. The highest BCUT2D eigenvalue weighted by atomic mass is 16.4. The lowest BCUT2D eigenvalue weighted by Gasteiger charge is -2.15. The summed E-state index contributed by atoms with van der Waals surface area (Å²) in [6.07, 6.45) is 0.930. The molecule has 1 heterocycles. The molecule has 3 atom stereocenters. The lowest BCUT2D eigenvalue weighted by Crippen LogP contribution is -2.21. The van der Waals surface area contributed by atoms with E-state index in [1.807, 2.05) is 0 Å². The molecule has 0 aliphatic carbocycles. The second-order valence-electron chi connectivity index (χ2n) is 3.86. The Morgan fingerprint density at radius 3 is 2.76 bits per heavy atom. The van der Waals surface area contributed by atoms with Crippen molar-refractivity contribution in [1.82, 2.24) is 9.78 Å². The molecule has 1 rings (SSSR count). The Kier molecular flexibility index (Phi) is 4.62. The quantitative estimate of drug-likeness (QED) is 0.522. The van der Waals surface area contributed by atoms with Crippen LogP contribution < -0.4 is 5.73 Å². The molecule has 0 bridgehead atoms. The molecule has 0 radical (unpaired) electrons. The van der Waals surface area contributed by atoms with Crippen LogP contribution >= 0.6 is 0 Å². The van der Waals surface area contributed by atoms with Gasteiger partial charge in [-0.15, -0.1) is 0 Å². The van der Waals surface area contributed by atoms with E-state index in [2.05, 4.69) is 5.10 Å². The molecule has 0 aromatic carbocycles. The second kappa shape index (κ2) is 5.76. The predicted molar refractivity (Wildman–Crippen MR) is 59.2 cm³/mol. The first-order valence-corrected chi connectivity index (χ1v) is 5.30. The van der Waals surface area contributed by atoms with Gasteiger partial charge in [0.2, 0.25) is 0 Å². The topological polar surface area (TPSA) is 122 Å². The highest BCUT2D eigenvalue weighted by Crippen LogP contribution is 2.19. The molecule has 0 saturated heterocycles. The van der Waals surface area contributed by atoms with Gasteiger partial charge >= 0.3 is 5.97 Å². The van der Waals surface area contributed by atoms with Gasteiger partial charge in [-0.3, -0.25) is 4.68 Å². The standard InChI is InChI=1S/C10H17N3O4/c1-6(10(16)17)13-5-7(4-12-13)9(15)8(14)2-3-11/h4-6,8-9,14-15H,2-3,11H2,1H3,(H,16,17)/t6-,8?,9?/m0/s1. The number of hydrogen-bond donors (Lipinski definition) is 4. The highest BCUT2D eigenvalue weighted by molar-refractivity contribution is 5.71. The van der Waals surface area contributed by atoms with Gasteiger partial charge in [0.15, 0.2) is 0 Å². The van der Waals surface area contributed by atoms with Gasteiger partial charge in [-0.1, -0.05) is 0 Å². The van der Waals surface area contributed by atoms with Gasteiger partial charge in [0, 0.05) is 11.8 Å². The average molecular weight is 243 g/mol. The Bertz CT molecular complexity index is 379. The van der Waals surface area contributed by atoms with Crippen LogP contribution in [0.5, 0.6) is 0 Å². The van der Waals surface area contributed by atoms with Crippen LogP contribution in [0.1, 0.15) is 31.1 Å². The summed E-state index contributed by atoms with van der Waals surface area (Å²) in [5, 5.41) is 31.9. The Morgan fingerprint density at radius 1 is 1.59 bits per heavy atom. The molecule has 0 aliphatic heterocycles. The lowest BCUT2D eigenvalue weighted by molar-refractivity contribution is -0.140. The number of aliphatic hydroxyl groups is 2. The van der Waals surface area contributed by atoms with Crippen molar-refractivity contribution >= 4 is 5.97 Å². The summed E-state index contributed by atoms with van der Waals surface area (Å²) in [6, 6.07) is -0.817. The van der Waals surface area contributed by atoms with E-state index in [4.69, 9.17) is 10.8 Å². The molecule has 17 heavy (non-hydrogen) atoms. The third kappa shape index (κ3) is 3.26. The van der Waals surface area contributed by atoms with E-state index in [1.54, 1.807) is 0 Å².